The predicted octanol–water partition coefficient (Wildman–Crippen LogP) is 3.74. The van der Waals surface area contributed by atoms with Gasteiger partial charge in [0.25, 0.3) is 0 Å². The van der Waals surface area contributed by atoms with Gasteiger partial charge in [-0.2, -0.15) is 5.10 Å². The fraction of sp³-hybridized carbons (Fsp3) is 0.0588. The molecule has 25 heavy (non-hydrogen) atoms. The number of nitrogens with one attached hydrogen (secondary N) is 1. The van der Waals surface area contributed by atoms with Crippen LogP contribution in [-0.4, -0.2) is 22.5 Å². The van der Waals surface area contributed by atoms with Crippen LogP contribution in [0.4, 0.5) is 13.2 Å². The van der Waals surface area contributed by atoms with Crippen LogP contribution in [0.25, 0.3) is 22.5 Å². The first-order chi connectivity index (χ1) is 11.8. The Morgan fingerprint density at radius 2 is 1.80 bits per heavy atom. The van der Waals surface area contributed by atoms with E-state index in [1.165, 1.54) is 18.2 Å². The molecule has 0 radical (unpaired) electrons. The summed E-state index contributed by atoms with van der Waals surface area (Å²) in [6, 6.07) is 14.3. The average molecular weight is 347 g/mol. The number of ether oxygens (including phenoxy) is 1. The van der Waals surface area contributed by atoms with E-state index in [4.69, 9.17) is 5.73 Å². The minimum Gasteiger partial charge on any atom is -0.405 e. The van der Waals surface area contributed by atoms with Gasteiger partial charge in [-0.1, -0.05) is 36.4 Å². The van der Waals surface area contributed by atoms with E-state index in [1.807, 2.05) is 6.07 Å². The monoisotopic (exact) mass is 347 g/mol. The number of rotatable bonds is 4. The van der Waals surface area contributed by atoms with Crippen LogP contribution >= 0.6 is 0 Å². The molecule has 0 spiro atoms. The zero-order chi connectivity index (χ0) is 18.0. The number of amides is 1. The highest BCUT2D eigenvalue weighted by Crippen LogP contribution is 2.36. The molecule has 0 aliphatic rings. The first-order valence-electron chi connectivity index (χ1n) is 7.15. The van der Waals surface area contributed by atoms with Gasteiger partial charge in [-0.25, -0.2) is 0 Å². The third kappa shape index (κ3) is 3.63. The van der Waals surface area contributed by atoms with Crippen LogP contribution < -0.4 is 10.5 Å². The molecule has 8 heteroatoms. The van der Waals surface area contributed by atoms with Gasteiger partial charge < -0.3 is 10.5 Å². The molecule has 1 amide bonds. The predicted molar refractivity (Wildman–Crippen MR) is 84.7 cm³/mol. The summed E-state index contributed by atoms with van der Waals surface area (Å²) in [4.78, 5) is 11.6. The maximum absolute atomic E-state index is 12.7. The SMILES string of the molecule is NC(=O)c1cccc(OC(F)(F)F)c1-c1cc(-c2ccccc2)n[nH]1. The van der Waals surface area contributed by atoms with Crippen molar-refractivity contribution in [3.63, 3.8) is 0 Å². The molecule has 3 rings (SSSR count). The highest BCUT2D eigenvalue weighted by molar-refractivity contribution is 6.01. The fourth-order valence-corrected chi connectivity index (χ4v) is 2.43. The summed E-state index contributed by atoms with van der Waals surface area (Å²) < 4.78 is 42.1. The lowest BCUT2D eigenvalue weighted by Gasteiger charge is -2.14. The van der Waals surface area contributed by atoms with Gasteiger partial charge in [0.15, 0.2) is 0 Å². The highest BCUT2D eigenvalue weighted by Gasteiger charge is 2.33. The summed E-state index contributed by atoms with van der Waals surface area (Å²) in [5.41, 5.74) is 6.55. The molecule has 1 heterocycles. The molecule has 3 aromatic rings. The van der Waals surface area contributed by atoms with Gasteiger partial charge in [0, 0.05) is 5.56 Å². The Hall–Kier alpha value is -3.29. The molecule has 2 aromatic carbocycles. The molecule has 0 atom stereocenters. The molecule has 5 nitrogen and oxygen atoms in total. The highest BCUT2D eigenvalue weighted by atomic mass is 19.4. The number of carbonyl (C=O) groups excluding carboxylic acids is 1. The van der Waals surface area contributed by atoms with Crippen LogP contribution in [0, 0.1) is 0 Å². The molecule has 1 aromatic heterocycles. The summed E-state index contributed by atoms with van der Waals surface area (Å²) >= 11 is 0. The second-order valence-corrected chi connectivity index (χ2v) is 5.12. The minimum atomic E-state index is -4.91. The third-order valence-electron chi connectivity index (χ3n) is 3.43. The molecule has 128 valence electrons. The van der Waals surface area contributed by atoms with Crippen molar-refractivity contribution in [2.45, 2.75) is 6.36 Å². The molecule has 0 saturated carbocycles. The lowest BCUT2D eigenvalue weighted by Crippen LogP contribution is -2.19. The van der Waals surface area contributed by atoms with Crippen LogP contribution in [0.15, 0.2) is 54.6 Å². The van der Waals surface area contributed by atoms with Gasteiger partial charge in [-0.3, -0.25) is 9.89 Å². The second-order valence-electron chi connectivity index (χ2n) is 5.12. The number of nitrogens with two attached hydrogens (primary N) is 1. The Balaban J connectivity index is 2.12. The van der Waals surface area contributed by atoms with Crippen molar-refractivity contribution in [2.75, 3.05) is 0 Å². The number of alkyl halides is 3. The molecular formula is C17H12F3N3O2. The Labute approximate surface area is 140 Å². The second kappa shape index (κ2) is 6.31. The van der Waals surface area contributed by atoms with Gasteiger partial charge in [-0.05, 0) is 18.2 Å². The van der Waals surface area contributed by atoms with E-state index < -0.39 is 18.0 Å². The summed E-state index contributed by atoms with van der Waals surface area (Å²) in [5, 5.41) is 6.72. The molecule has 0 fully saturated rings. The van der Waals surface area contributed by atoms with Crippen molar-refractivity contribution in [2.24, 2.45) is 5.73 Å². The lowest BCUT2D eigenvalue weighted by atomic mass is 10.0. The number of carbonyl (C=O) groups is 1. The average Bonchev–Trinajstić information content (AvgIpc) is 3.03. The van der Waals surface area contributed by atoms with E-state index in [0.717, 1.165) is 11.6 Å². The molecular weight excluding hydrogens is 335 g/mol. The van der Waals surface area contributed by atoms with E-state index in [0.29, 0.717) is 5.69 Å². The van der Waals surface area contributed by atoms with Crippen LogP contribution in [-0.2, 0) is 0 Å². The van der Waals surface area contributed by atoms with E-state index in [2.05, 4.69) is 14.9 Å². The molecule has 0 aliphatic carbocycles. The number of halogens is 3. The summed E-state index contributed by atoms with van der Waals surface area (Å²) in [7, 11) is 0. The van der Waals surface area contributed by atoms with E-state index in [-0.39, 0.29) is 16.8 Å². The largest absolute Gasteiger partial charge is 0.573 e. The van der Waals surface area contributed by atoms with Crippen molar-refractivity contribution in [3.8, 4) is 28.3 Å². The molecule has 0 bridgehead atoms. The molecule has 0 unspecified atom stereocenters. The van der Waals surface area contributed by atoms with Crippen molar-refractivity contribution in [1.29, 1.82) is 0 Å². The van der Waals surface area contributed by atoms with Gasteiger partial charge in [-0.15, -0.1) is 13.2 Å². The topological polar surface area (TPSA) is 81.0 Å². The van der Waals surface area contributed by atoms with E-state index in [9.17, 15) is 18.0 Å². The van der Waals surface area contributed by atoms with Crippen LogP contribution in [0.5, 0.6) is 5.75 Å². The Bertz CT molecular complexity index is 905. The number of benzene rings is 2. The van der Waals surface area contributed by atoms with Gasteiger partial charge in [0.1, 0.15) is 5.75 Å². The first kappa shape index (κ1) is 16.6. The van der Waals surface area contributed by atoms with Crippen molar-refractivity contribution in [1.82, 2.24) is 10.2 Å². The first-order valence-corrected chi connectivity index (χ1v) is 7.15. The quantitative estimate of drug-likeness (QED) is 0.754. The smallest absolute Gasteiger partial charge is 0.405 e. The van der Waals surface area contributed by atoms with Gasteiger partial charge >= 0.3 is 6.36 Å². The molecule has 0 saturated heterocycles. The van der Waals surface area contributed by atoms with Crippen molar-refractivity contribution >= 4 is 5.91 Å². The summed E-state index contributed by atoms with van der Waals surface area (Å²) in [5.74, 6) is -1.41. The van der Waals surface area contributed by atoms with Gasteiger partial charge in [0.05, 0.1) is 22.5 Å². The maximum Gasteiger partial charge on any atom is 0.573 e. The van der Waals surface area contributed by atoms with E-state index >= 15 is 0 Å². The lowest BCUT2D eigenvalue weighted by molar-refractivity contribution is -0.274. The number of aromatic nitrogens is 2. The standard InChI is InChI=1S/C17H12F3N3O2/c18-17(19,20)25-14-8-4-7-11(16(21)24)15(14)13-9-12(22-23-13)10-5-2-1-3-6-10/h1-9H,(H2,21,24)(H,22,23). The van der Waals surface area contributed by atoms with Crippen molar-refractivity contribution < 1.29 is 22.7 Å². The summed E-state index contributed by atoms with van der Waals surface area (Å²) in [6.45, 7) is 0. The maximum atomic E-state index is 12.7. The van der Waals surface area contributed by atoms with Crippen LogP contribution in [0.2, 0.25) is 0 Å². The number of hydrogen-bond donors (Lipinski definition) is 2. The Kier molecular flexibility index (Phi) is 4.18. The normalized spacial score (nSPS) is 11.3. The Morgan fingerprint density at radius 3 is 2.44 bits per heavy atom. The van der Waals surface area contributed by atoms with Crippen LogP contribution in [0.3, 0.4) is 0 Å². The van der Waals surface area contributed by atoms with Gasteiger partial charge in [0.2, 0.25) is 5.91 Å². The number of aromatic amines is 1. The summed E-state index contributed by atoms with van der Waals surface area (Å²) in [6.07, 6.45) is -4.91. The zero-order valence-electron chi connectivity index (χ0n) is 12.7. The number of hydrogen-bond acceptors (Lipinski definition) is 3. The Morgan fingerprint density at radius 1 is 1.08 bits per heavy atom. The zero-order valence-corrected chi connectivity index (χ0v) is 12.7. The number of nitrogens with zero attached hydrogens (tertiary/aromatic N) is 1. The molecule has 0 aliphatic heterocycles. The molecule has 3 N–H and O–H groups in total. The van der Waals surface area contributed by atoms with E-state index in [1.54, 1.807) is 24.3 Å². The fourth-order valence-electron chi connectivity index (χ4n) is 2.43. The van der Waals surface area contributed by atoms with Crippen LogP contribution in [0.1, 0.15) is 10.4 Å². The third-order valence-corrected chi connectivity index (χ3v) is 3.43. The van der Waals surface area contributed by atoms with Crippen molar-refractivity contribution in [3.05, 3.63) is 60.2 Å². The minimum absolute atomic E-state index is 0.0954. The number of H-pyrrole nitrogens is 1. The number of primary amides is 1.